The van der Waals surface area contributed by atoms with Crippen molar-refractivity contribution in [3.8, 4) is 0 Å². The number of rotatable bonds is 4. The minimum absolute atomic E-state index is 0.0203. The Bertz CT molecular complexity index is 335. The average Bonchev–Trinajstić information content (AvgIpc) is 2.46. The van der Waals surface area contributed by atoms with E-state index < -0.39 is 0 Å². The molecule has 2 aliphatic heterocycles. The number of morpholine rings is 1. The highest BCUT2D eigenvalue weighted by atomic mass is 16.5. The summed E-state index contributed by atoms with van der Waals surface area (Å²) in [6, 6.07) is 0.161. The molecule has 1 atom stereocenters. The first kappa shape index (κ1) is 15.3. The minimum Gasteiger partial charge on any atom is -0.378 e. The van der Waals surface area contributed by atoms with Gasteiger partial charge in [0.1, 0.15) is 0 Å². The number of nitrogens with one attached hydrogen (secondary N) is 2. The second kappa shape index (κ2) is 7.59. The third kappa shape index (κ3) is 4.76. The van der Waals surface area contributed by atoms with E-state index in [0.29, 0.717) is 18.9 Å². The maximum absolute atomic E-state index is 12.2. The van der Waals surface area contributed by atoms with E-state index in [2.05, 4.69) is 10.6 Å². The van der Waals surface area contributed by atoms with E-state index in [1.807, 2.05) is 4.90 Å². The number of ether oxygens (including phenoxy) is 1. The van der Waals surface area contributed by atoms with Crippen molar-refractivity contribution < 1.29 is 14.3 Å². The van der Waals surface area contributed by atoms with Crippen LogP contribution in [0, 0.1) is 5.92 Å². The first-order valence-corrected chi connectivity index (χ1v) is 7.48. The van der Waals surface area contributed by atoms with Crippen LogP contribution in [0.1, 0.15) is 26.2 Å². The second-order valence-electron chi connectivity index (χ2n) is 5.69. The van der Waals surface area contributed by atoms with Crippen LogP contribution in [0.15, 0.2) is 0 Å². The molecule has 1 unspecified atom stereocenters. The van der Waals surface area contributed by atoms with Crippen molar-refractivity contribution in [3.63, 3.8) is 0 Å². The SMILES string of the molecule is CC(=O)NCC1CCN(C(=O)CC2COCCN2)CC1. The summed E-state index contributed by atoms with van der Waals surface area (Å²) in [5, 5.41) is 6.17. The third-order valence-electron chi connectivity index (χ3n) is 4.03. The summed E-state index contributed by atoms with van der Waals surface area (Å²) in [4.78, 5) is 25.0. The van der Waals surface area contributed by atoms with Crippen LogP contribution in [0.2, 0.25) is 0 Å². The van der Waals surface area contributed by atoms with Gasteiger partial charge in [0.15, 0.2) is 0 Å². The van der Waals surface area contributed by atoms with Crippen LogP contribution in [-0.4, -0.2) is 62.1 Å². The lowest BCUT2D eigenvalue weighted by atomic mass is 9.96. The average molecular weight is 283 g/mol. The van der Waals surface area contributed by atoms with Gasteiger partial charge in [0.25, 0.3) is 0 Å². The van der Waals surface area contributed by atoms with E-state index in [-0.39, 0.29) is 17.9 Å². The Morgan fingerprint density at radius 1 is 1.35 bits per heavy atom. The number of hydrogen-bond acceptors (Lipinski definition) is 4. The van der Waals surface area contributed by atoms with Crippen LogP contribution in [0.3, 0.4) is 0 Å². The minimum atomic E-state index is 0.0203. The van der Waals surface area contributed by atoms with Crippen molar-refractivity contribution in [1.29, 1.82) is 0 Å². The summed E-state index contributed by atoms with van der Waals surface area (Å²) in [5.74, 6) is 0.733. The lowest BCUT2D eigenvalue weighted by Crippen LogP contribution is -2.47. The van der Waals surface area contributed by atoms with Crippen molar-refractivity contribution in [2.75, 3.05) is 39.4 Å². The maximum Gasteiger partial charge on any atom is 0.224 e. The highest BCUT2D eigenvalue weighted by Gasteiger charge is 2.25. The van der Waals surface area contributed by atoms with Crippen molar-refractivity contribution in [2.24, 2.45) is 5.92 Å². The molecule has 0 aromatic heterocycles. The summed E-state index contributed by atoms with van der Waals surface area (Å²) in [5.41, 5.74) is 0. The highest BCUT2D eigenvalue weighted by Crippen LogP contribution is 2.17. The maximum atomic E-state index is 12.2. The summed E-state index contributed by atoms with van der Waals surface area (Å²) < 4.78 is 5.37. The molecule has 0 radical (unpaired) electrons. The van der Waals surface area contributed by atoms with Gasteiger partial charge in [0.05, 0.1) is 13.2 Å². The molecule has 20 heavy (non-hydrogen) atoms. The largest absolute Gasteiger partial charge is 0.378 e. The van der Waals surface area contributed by atoms with Crippen LogP contribution in [0.4, 0.5) is 0 Å². The Kier molecular flexibility index (Phi) is 5.79. The van der Waals surface area contributed by atoms with Gasteiger partial charge < -0.3 is 20.3 Å². The van der Waals surface area contributed by atoms with Crippen LogP contribution < -0.4 is 10.6 Å². The third-order valence-corrected chi connectivity index (χ3v) is 4.03. The van der Waals surface area contributed by atoms with E-state index in [0.717, 1.165) is 45.6 Å². The predicted octanol–water partition coefficient (Wildman–Crippen LogP) is -0.260. The van der Waals surface area contributed by atoms with E-state index in [1.165, 1.54) is 6.92 Å². The zero-order chi connectivity index (χ0) is 14.4. The smallest absolute Gasteiger partial charge is 0.224 e. The molecular formula is C14H25N3O3. The predicted molar refractivity (Wildman–Crippen MR) is 75.2 cm³/mol. The van der Waals surface area contributed by atoms with E-state index in [9.17, 15) is 9.59 Å². The molecule has 0 aliphatic carbocycles. The fraction of sp³-hybridized carbons (Fsp3) is 0.857. The molecule has 0 bridgehead atoms. The van der Waals surface area contributed by atoms with Crippen LogP contribution in [-0.2, 0) is 14.3 Å². The quantitative estimate of drug-likeness (QED) is 0.746. The fourth-order valence-electron chi connectivity index (χ4n) is 2.77. The molecule has 2 N–H and O–H groups in total. The molecule has 0 aromatic carbocycles. The molecule has 2 saturated heterocycles. The van der Waals surface area contributed by atoms with E-state index in [1.54, 1.807) is 0 Å². The highest BCUT2D eigenvalue weighted by molar-refractivity contribution is 5.77. The van der Waals surface area contributed by atoms with Gasteiger partial charge in [-0.1, -0.05) is 0 Å². The summed E-state index contributed by atoms with van der Waals surface area (Å²) in [6.07, 6.45) is 2.47. The molecule has 2 rings (SSSR count). The summed E-state index contributed by atoms with van der Waals surface area (Å²) in [6.45, 7) is 6.07. The van der Waals surface area contributed by atoms with Crippen LogP contribution >= 0.6 is 0 Å². The lowest BCUT2D eigenvalue weighted by Gasteiger charge is -2.33. The molecule has 2 aliphatic rings. The van der Waals surface area contributed by atoms with E-state index >= 15 is 0 Å². The molecule has 0 aromatic rings. The second-order valence-corrected chi connectivity index (χ2v) is 5.69. The Hall–Kier alpha value is -1.14. The van der Waals surface area contributed by atoms with Gasteiger partial charge in [-0.25, -0.2) is 0 Å². The molecule has 6 heteroatoms. The van der Waals surface area contributed by atoms with Gasteiger partial charge in [-0.05, 0) is 18.8 Å². The molecule has 114 valence electrons. The van der Waals surface area contributed by atoms with Crippen LogP contribution in [0.25, 0.3) is 0 Å². The molecular weight excluding hydrogens is 258 g/mol. The van der Waals surface area contributed by atoms with Crippen molar-refractivity contribution >= 4 is 11.8 Å². The van der Waals surface area contributed by atoms with Crippen molar-refractivity contribution in [1.82, 2.24) is 15.5 Å². The summed E-state index contributed by atoms with van der Waals surface area (Å²) in [7, 11) is 0. The van der Waals surface area contributed by atoms with Gasteiger partial charge in [0.2, 0.25) is 11.8 Å². The van der Waals surface area contributed by atoms with Gasteiger partial charge in [-0.3, -0.25) is 9.59 Å². The zero-order valence-corrected chi connectivity index (χ0v) is 12.2. The number of carbonyl (C=O) groups is 2. The van der Waals surface area contributed by atoms with E-state index in [4.69, 9.17) is 4.74 Å². The number of likely N-dealkylation sites (tertiary alicyclic amines) is 1. The zero-order valence-electron chi connectivity index (χ0n) is 12.2. The first-order valence-electron chi connectivity index (χ1n) is 7.48. The standard InChI is InChI=1S/C14H25N3O3/c1-11(18)16-9-12-2-5-17(6-3-12)14(19)8-13-10-20-7-4-15-13/h12-13,15H,2-10H2,1H3,(H,16,18). The number of hydrogen-bond donors (Lipinski definition) is 2. The Labute approximate surface area is 120 Å². The van der Waals surface area contributed by atoms with Crippen LogP contribution in [0.5, 0.6) is 0 Å². The topological polar surface area (TPSA) is 70.7 Å². The van der Waals surface area contributed by atoms with Gasteiger partial charge in [-0.15, -0.1) is 0 Å². The molecule has 2 amide bonds. The molecule has 0 spiro atoms. The number of nitrogens with zero attached hydrogens (tertiary/aromatic N) is 1. The van der Waals surface area contributed by atoms with Crippen molar-refractivity contribution in [2.45, 2.75) is 32.2 Å². The number of piperidine rings is 1. The summed E-state index contributed by atoms with van der Waals surface area (Å²) >= 11 is 0. The number of carbonyl (C=O) groups excluding carboxylic acids is 2. The van der Waals surface area contributed by atoms with Gasteiger partial charge in [-0.2, -0.15) is 0 Å². The fourth-order valence-corrected chi connectivity index (χ4v) is 2.77. The molecule has 2 heterocycles. The monoisotopic (exact) mass is 283 g/mol. The van der Waals surface area contributed by atoms with Crippen molar-refractivity contribution in [3.05, 3.63) is 0 Å². The first-order chi connectivity index (χ1) is 9.65. The number of amides is 2. The Morgan fingerprint density at radius 2 is 2.10 bits per heavy atom. The molecule has 0 saturated carbocycles. The lowest BCUT2D eigenvalue weighted by molar-refractivity contribution is -0.134. The Balaban J connectivity index is 1.67. The van der Waals surface area contributed by atoms with Gasteiger partial charge in [0, 0.05) is 45.6 Å². The normalized spacial score (nSPS) is 24.4. The Morgan fingerprint density at radius 3 is 2.70 bits per heavy atom. The molecule has 6 nitrogen and oxygen atoms in total. The van der Waals surface area contributed by atoms with Gasteiger partial charge >= 0.3 is 0 Å². The molecule has 2 fully saturated rings.